The number of aromatic nitrogens is 2. The third-order valence-corrected chi connectivity index (χ3v) is 5.56. The molecule has 1 saturated heterocycles. The standard InChI is InChI=1S/C24H28N6O2/c25-23(31)18-9-10-22(29-14-5-2-6-15-29)21(17-18)27-24(32)26-13-11-19-12-16-30(28-19)20-7-3-1-4-8-20/h1,3-4,7-10,12,16-17H,2,5-6,11,13-15H2,(H2,25,31)(H2,26,27,32). The first kappa shape index (κ1) is 21.4. The molecular formula is C24H28N6O2. The van der Waals surface area contributed by atoms with Crippen LogP contribution < -0.4 is 21.3 Å². The summed E-state index contributed by atoms with van der Waals surface area (Å²) in [6.45, 7) is 2.29. The summed E-state index contributed by atoms with van der Waals surface area (Å²) in [5, 5.41) is 10.3. The molecule has 3 amide bonds. The van der Waals surface area contributed by atoms with Crippen LogP contribution in [-0.2, 0) is 6.42 Å². The topological polar surface area (TPSA) is 105 Å². The van der Waals surface area contributed by atoms with Gasteiger partial charge in [0.2, 0.25) is 5.91 Å². The highest BCUT2D eigenvalue weighted by atomic mass is 16.2. The van der Waals surface area contributed by atoms with Gasteiger partial charge < -0.3 is 21.3 Å². The van der Waals surface area contributed by atoms with Gasteiger partial charge in [0, 0.05) is 37.8 Å². The highest BCUT2D eigenvalue weighted by Gasteiger charge is 2.17. The average molecular weight is 433 g/mol. The van der Waals surface area contributed by atoms with Crippen molar-refractivity contribution < 1.29 is 9.59 Å². The minimum absolute atomic E-state index is 0.327. The van der Waals surface area contributed by atoms with E-state index in [1.165, 1.54) is 6.42 Å². The van der Waals surface area contributed by atoms with Gasteiger partial charge in [-0.15, -0.1) is 0 Å². The Morgan fingerprint density at radius 1 is 1.00 bits per heavy atom. The molecule has 1 aromatic heterocycles. The van der Waals surface area contributed by atoms with Gasteiger partial charge in [0.15, 0.2) is 0 Å². The monoisotopic (exact) mass is 432 g/mol. The SMILES string of the molecule is NC(=O)c1ccc(N2CCCCC2)c(NC(=O)NCCc2ccn(-c3ccccc3)n2)c1. The molecule has 0 bridgehead atoms. The van der Waals surface area contributed by atoms with Crippen LogP contribution in [0.4, 0.5) is 16.2 Å². The van der Waals surface area contributed by atoms with Crippen LogP contribution in [0.3, 0.4) is 0 Å². The summed E-state index contributed by atoms with van der Waals surface area (Å²) in [6, 6.07) is 16.7. The Labute approximate surface area is 187 Å². The smallest absolute Gasteiger partial charge is 0.319 e. The normalized spacial score (nSPS) is 13.6. The number of primary amides is 1. The summed E-state index contributed by atoms with van der Waals surface area (Å²) in [5.41, 5.74) is 9.19. The van der Waals surface area contributed by atoms with E-state index in [0.717, 1.165) is 43.0 Å². The first-order valence-corrected chi connectivity index (χ1v) is 10.9. The van der Waals surface area contributed by atoms with Crippen LogP contribution in [0, 0.1) is 0 Å². The van der Waals surface area contributed by atoms with Crippen molar-refractivity contribution in [3.63, 3.8) is 0 Å². The van der Waals surface area contributed by atoms with Gasteiger partial charge in [-0.3, -0.25) is 4.79 Å². The highest BCUT2D eigenvalue weighted by Crippen LogP contribution is 2.29. The average Bonchev–Trinajstić information content (AvgIpc) is 3.29. The molecule has 0 radical (unpaired) electrons. The lowest BCUT2D eigenvalue weighted by Gasteiger charge is -2.30. The molecule has 0 saturated carbocycles. The molecule has 0 spiro atoms. The summed E-state index contributed by atoms with van der Waals surface area (Å²) in [4.78, 5) is 26.4. The molecule has 3 aromatic rings. The number of nitrogens with one attached hydrogen (secondary N) is 2. The second-order valence-corrected chi connectivity index (χ2v) is 7.86. The third kappa shape index (κ3) is 5.26. The number of amides is 3. The number of rotatable bonds is 7. The van der Waals surface area contributed by atoms with Gasteiger partial charge in [0.1, 0.15) is 0 Å². The lowest BCUT2D eigenvalue weighted by molar-refractivity contribution is 0.100. The van der Waals surface area contributed by atoms with E-state index in [-0.39, 0.29) is 6.03 Å². The first-order valence-electron chi connectivity index (χ1n) is 10.9. The number of benzene rings is 2. The van der Waals surface area contributed by atoms with E-state index in [4.69, 9.17) is 5.73 Å². The molecule has 2 heterocycles. The number of para-hydroxylation sites is 1. The number of anilines is 2. The largest absolute Gasteiger partial charge is 0.370 e. The van der Waals surface area contributed by atoms with Crippen LogP contribution in [0.25, 0.3) is 5.69 Å². The number of hydrogen-bond donors (Lipinski definition) is 3. The van der Waals surface area contributed by atoms with Crippen LogP contribution >= 0.6 is 0 Å². The number of nitrogens with two attached hydrogens (primary N) is 1. The summed E-state index contributed by atoms with van der Waals surface area (Å²) < 4.78 is 1.82. The van der Waals surface area contributed by atoms with Gasteiger partial charge in [-0.05, 0) is 55.7 Å². The Morgan fingerprint density at radius 3 is 2.53 bits per heavy atom. The number of urea groups is 1. The fourth-order valence-corrected chi connectivity index (χ4v) is 3.89. The van der Waals surface area contributed by atoms with Gasteiger partial charge in [-0.25, -0.2) is 9.48 Å². The Hall–Kier alpha value is -3.81. The van der Waals surface area contributed by atoms with E-state index in [9.17, 15) is 9.59 Å². The van der Waals surface area contributed by atoms with Crippen molar-refractivity contribution in [3.8, 4) is 5.69 Å². The number of carbonyl (C=O) groups excluding carboxylic acids is 2. The van der Waals surface area contributed by atoms with E-state index in [1.807, 2.05) is 53.3 Å². The molecule has 8 heteroatoms. The van der Waals surface area contributed by atoms with Crippen molar-refractivity contribution in [3.05, 3.63) is 72.1 Å². The quantitative estimate of drug-likeness (QED) is 0.532. The number of carbonyl (C=O) groups is 2. The van der Waals surface area contributed by atoms with E-state index >= 15 is 0 Å². The lowest BCUT2D eigenvalue weighted by Crippen LogP contribution is -2.33. The van der Waals surface area contributed by atoms with E-state index in [0.29, 0.717) is 24.2 Å². The van der Waals surface area contributed by atoms with Gasteiger partial charge in [0.05, 0.1) is 22.8 Å². The Morgan fingerprint density at radius 2 is 1.78 bits per heavy atom. The lowest BCUT2D eigenvalue weighted by atomic mass is 10.1. The molecule has 0 aliphatic carbocycles. The minimum atomic E-state index is -0.521. The maximum Gasteiger partial charge on any atom is 0.319 e. The fraction of sp³-hybridized carbons (Fsp3) is 0.292. The Kier molecular flexibility index (Phi) is 6.69. The minimum Gasteiger partial charge on any atom is -0.370 e. The van der Waals surface area contributed by atoms with Crippen molar-refractivity contribution in [1.82, 2.24) is 15.1 Å². The third-order valence-electron chi connectivity index (χ3n) is 5.56. The van der Waals surface area contributed by atoms with E-state index in [2.05, 4.69) is 20.6 Å². The molecule has 4 N–H and O–H groups in total. The van der Waals surface area contributed by atoms with Gasteiger partial charge >= 0.3 is 6.03 Å². The first-order chi connectivity index (χ1) is 15.6. The van der Waals surface area contributed by atoms with Gasteiger partial charge in [0.25, 0.3) is 0 Å². The summed E-state index contributed by atoms with van der Waals surface area (Å²) in [5.74, 6) is -0.521. The van der Waals surface area contributed by atoms with E-state index < -0.39 is 5.91 Å². The molecule has 0 unspecified atom stereocenters. The predicted octanol–water partition coefficient (Wildman–Crippen LogP) is 3.33. The van der Waals surface area contributed by atoms with Crippen LogP contribution in [0.2, 0.25) is 0 Å². The highest BCUT2D eigenvalue weighted by molar-refractivity contribution is 5.98. The van der Waals surface area contributed by atoms with Crippen LogP contribution in [0.15, 0.2) is 60.8 Å². The van der Waals surface area contributed by atoms with Crippen molar-refractivity contribution in [2.45, 2.75) is 25.7 Å². The van der Waals surface area contributed by atoms with Gasteiger partial charge in [-0.1, -0.05) is 18.2 Å². The van der Waals surface area contributed by atoms with Crippen molar-refractivity contribution in [2.24, 2.45) is 5.73 Å². The number of piperidine rings is 1. The zero-order valence-electron chi connectivity index (χ0n) is 18.0. The molecule has 1 aliphatic heterocycles. The molecule has 1 fully saturated rings. The molecule has 0 atom stereocenters. The van der Waals surface area contributed by atoms with Crippen molar-refractivity contribution in [2.75, 3.05) is 29.9 Å². The number of nitrogens with zero attached hydrogens (tertiary/aromatic N) is 3. The molecule has 2 aromatic carbocycles. The molecule has 4 rings (SSSR count). The Balaban J connectivity index is 1.37. The van der Waals surface area contributed by atoms with E-state index in [1.54, 1.807) is 12.1 Å². The van der Waals surface area contributed by atoms with Gasteiger partial charge in [-0.2, -0.15) is 5.10 Å². The Bertz CT molecular complexity index is 1070. The maximum atomic E-state index is 12.6. The zero-order chi connectivity index (χ0) is 22.3. The van der Waals surface area contributed by atoms with Crippen LogP contribution in [0.5, 0.6) is 0 Å². The second-order valence-electron chi connectivity index (χ2n) is 7.86. The number of hydrogen-bond acceptors (Lipinski definition) is 4. The van der Waals surface area contributed by atoms with Crippen molar-refractivity contribution in [1.29, 1.82) is 0 Å². The van der Waals surface area contributed by atoms with Crippen molar-refractivity contribution >= 4 is 23.3 Å². The van der Waals surface area contributed by atoms with Crippen LogP contribution in [-0.4, -0.2) is 41.4 Å². The molecule has 166 valence electrons. The predicted molar refractivity (Wildman–Crippen MR) is 125 cm³/mol. The summed E-state index contributed by atoms with van der Waals surface area (Å²) in [7, 11) is 0. The summed E-state index contributed by atoms with van der Waals surface area (Å²) in [6.07, 6.45) is 5.94. The second kappa shape index (κ2) is 10.00. The maximum absolute atomic E-state index is 12.6. The molecule has 32 heavy (non-hydrogen) atoms. The molecule has 8 nitrogen and oxygen atoms in total. The fourth-order valence-electron chi connectivity index (χ4n) is 3.89. The summed E-state index contributed by atoms with van der Waals surface area (Å²) >= 11 is 0. The zero-order valence-corrected chi connectivity index (χ0v) is 18.0. The molecular weight excluding hydrogens is 404 g/mol. The van der Waals surface area contributed by atoms with Crippen LogP contribution in [0.1, 0.15) is 35.3 Å². The molecule has 1 aliphatic rings.